The zero-order valence-electron chi connectivity index (χ0n) is 55.8. The molecule has 2 amide bonds. The van der Waals surface area contributed by atoms with E-state index in [-0.39, 0.29) is 150 Å². The summed E-state index contributed by atoms with van der Waals surface area (Å²) in [6.07, 6.45) is -14.1. The Kier molecular flexibility index (Phi) is 27.0. The molecule has 0 radical (unpaired) electrons. The summed E-state index contributed by atoms with van der Waals surface area (Å²) >= 11 is 0. The van der Waals surface area contributed by atoms with Gasteiger partial charge in [0, 0.05) is 82.2 Å². The molecule has 0 fully saturated rings. The number of nitrogens with zero attached hydrogens (tertiary/aromatic N) is 2. The zero-order chi connectivity index (χ0) is 64.0. The average Bonchev–Trinajstić information content (AvgIpc) is 1.62. The van der Waals surface area contributed by atoms with Gasteiger partial charge in [-0.25, -0.2) is 13.7 Å². The van der Waals surface area contributed by atoms with Crippen LogP contribution >= 0.6 is 0 Å². The van der Waals surface area contributed by atoms with Crippen LogP contribution in [0.4, 0.5) is 20.2 Å². The topological polar surface area (TPSA) is 238 Å². The quantitative estimate of drug-likeness (QED) is 0.0254. The van der Waals surface area contributed by atoms with Gasteiger partial charge < -0.3 is 57.7 Å². The maximum atomic E-state index is 14.2. The van der Waals surface area contributed by atoms with Gasteiger partial charge in [-0.1, -0.05) is 125 Å². The number of aromatic nitrogens is 2. The Labute approximate surface area is 584 Å². The van der Waals surface area contributed by atoms with Gasteiger partial charge >= 0.3 is 96.9 Å². The second-order valence-electron chi connectivity index (χ2n) is 20.3. The largest absolute Gasteiger partial charge is 2.00 e. The minimum absolute atomic E-state index is 0. The second kappa shape index (κ2) is 35.6. The van der Waals surface area contributed by atoms with Crippen LogP contribution in [0.5, 0.6) is 0 Å². The molecule has 2 heterocycles. The van der Waals surface area contributed by atoms with Gasteiger partial charge in [0.15, 0.2) is 0 Å². The molecule has 86 heavy (non-hydrogen) atoms. The molecule has 6 aromatic carbocycles. The number of aliphatic hydroxyl groups is 3. The number of hydrogen-bond acceptors (Lipinski definition) is 11. The standard InChI is InChI=1S/C33H35FN2O6.C33H35FN2O5.Ca.2Na.2H/c1-21(2)31-30(33(40)35-25-11-7-4-8-12-25)29(22-9-5-3-6-10-22)32(23-13-15-24(34)16-14-23)36(31)18-17-27(42-41)19-26(37)20-28(38)39;1-21(2)31-30(33(41)35-25-11-7-4-8-12-25)29(22-9-5-3-6-10-22)32(23-13-15-24(34)16-14-23)36(31)18-17-26(37)19-27(38)20-28(39)40;;;;;/h3-16,21,26-27,37,41H,17-20H2,1-2H3,(H,35,40)(H,38,39);3-16,21,26-27,37-38H,17-20H2,1-2H3,(H,35,41)(H,39,40);;;;;/q;;+2;2*+1;2*-1/p-2/t2*26-,27-;;;;;/m11...../s1/i19D,20D2,26D,37D;;;;;;/t19?,26-,27-;;;;;;. The van der Waals surface area contributed by atoms with Gasteiger partial charge in [-0.15, -0.1) is 0 Å². The summed E-state index contributed by atoms with van der Waals surface area (Å²) in [6.45, 7) is 7.82. The van der Waals surface area contributed by atoms with Crippen LogP contribution in [0, 0.1) is 11.6 Å². The normalized spacial score (nSPS) is 14.0. The van der Waals surface area contributed by atoms with Crippen molar-refractivity contribution >= 4 is 72.9 Å². The summed E-state index contributed by atoms with van der Waals surface area (Å²) in [5, 5.41) is 63.0. The van der Waals surface area contributed by atoms with Crippen LogP contribution in [-0.2, 0) is 27.6 Å². The Hall–Kier alpha value is -5.32. The van der Waals surface area contributed by atoms with Crippen LogP contribution in [0.15, 0.2) is 170 Å². The first kappa shape index (κ1) is 65.1. The molecule has 0 aliphatic rings. The van der Waals surface area contributed by atoms with E-state index in [9.17, 15) is 53.6 Å². The van der Waals surface area contributed by atoms with Crippen LogP contribution in [0.25, 0.3) is 44.8 Å². The van der Waals surface area contributed by atoms with E-state index in [2.05, 4.69) is 20.6 Å². The molecule has 1 unspecified atom stereocenters. The van der Waals surface area contributed by atoms with E-state index in [0.29, 0.717) is 67.4 Å². The van der Waals surface area contributed by atoms with E-state index in [1.54, 1.807) is 77.4 Å². The van der Waals surface area contributed by atoms with Gasteiger partial charge in [0.2, 0.25) is 1.43 Å². The maximum absolute atomic E-state index is 14.2. The van der Waals surface area contributed by atoms with Gasteiger partial charge in [-0.3, -0.25) is 14.8 Å². The molecule has 0 saturated heterocycles. The van der Waals surface area contributed by atoms with Crippen molar-refractivity contribution < 1.29 is 131 Å². The first-order chi connectivity index (χ1) is 41.9. The SMILES string of the molecule is CC(C)c1c(C(=O)Nc2ccccc2)c(-c2ccccc2)c(-c2ccc(F)cc2)n1CC[C@@H](O)C[C@@H](O)CC(=O)[O-].[2H]O[C@]([2H])(C([2H])[C@@H](CCn1c(-c2ccc(F)cc2)c(-c2ccccc2)c(C(=O)Nc2ccccc2)c1C(C)C)OO)C([2H])([2H])C(=O)[O-].[Ca+2].[H-].[H-].[Na+].[Na+]. The number of halogens is 2. The molecule has 5 atom stereocenters. The average molecular weight is 1220 g/mol. The number of carbonyl (C=O) groups is 4. The number of rotatable bonds is 26. The number of para-hydroxylation sites is 2. The van der Waals surface area contributed by atoms with E-state index in [0.717, 1.165) is 11.3 Å². The van der Waals surface area contributed by atoms with Crippen molar-refractivity contribution in [2.45, 2.75) is 115 Å². The van der Waals surface area contributed by atoms with Crippen molar-refractivity contribution in [2.75, 3.05) is 10.6 Å². The molecule has 15 nitrogen and oxygen atoms in total. The van der Waals surface area contributed by atoms with Gasteiger partial charge in [0.25, 0.3) is 11.8 Å². The predicted octanol–water partition coefficient (Wildman–Crippen LogP) is 4.31. The maximum Gasteiger partial charge on any atom is 2.00 e. The molecule has 20 heteroatoms. The van der Waals surface area contributed by atoms with E-state index in [4.69, 9.17) is 6.91 Å². The molecule has 0 saturated carbocycles. The minimum Gasteiger partial charge on any atom is -1.00 e. The molecule has 0 spiro atoms. The second-order valence-corrected chi connectivity index (χ2v) is 20.3. The number of anilines is 2. The Balaban J connectivity index is 0.000000606. The number of aliphatic carboxylic acids is 2. The molecular formula is C66H70CaF2N4Na2O11. The number of hydrogen-bond donors (Lipinski definition) is 6. The monoisotopic (exact) mass is 1220 g/mol. The van der Waals surface area contributed by atoms with Crippen LogP contribution in [0.3, 0.4) is 0 Å². The molecule has 8 rings (SSSR count). The molecule has 6 N–H and O–H groups in total. The summed E-state index contributed by atoms with van der Waals surface area (Å²) in [5.74, 6) is -5.84. The van der Waals surface area contributed by atoms with Crippen LogP contribution < -0.4 is 80.0 Å². The van der Waals surface area contributed by atoms with Crippen molar-refractivity contribution in [1.29, 1.82) is 1.43 Å². The fraction of sp³-hybridized carbons (Fsp3) is 0.273. The van der Waals surface area contributed by atoms with E-state index in [1.807, 2.05) is 105 Å². The Morgan fingerprint density at radius 1 is 0.593 bits per heavy atom. The molecular weight excluding hydrogens is 1150 g/mol. The molecule has 0 aliphatic heterocycles. The van der Waals surface area contributed by atoms with Crippen molar-refractivity contribution in [1.82, 2.24) is 9.13 Å². The summed E-state index contributed by atoms with van der Waals surface area (Å²) in [7, 11) is 0. The number of nitrogens with one attached hydrogen (secondary N) is 2. The summed E-state index contributed by atoms with van der Waals surface area (Å²) in [5.41, 5.74) is 8.25. The first-order valence-corrected chi connectivity index (χ1v) is 27.0. The zero-order valence-corrected chi connectivity index (χ0v) is 55.0. The minimum atomic E-state index is -3.64. The van der Waals surface area contributed by atoms with E-state index < -0.39 is 73.1 Å². The summed E-state index contributed by atoms with van der Waals surface area (Å²) < 4.78 is 71.5. The van der Waals surface area contributed by atoms with Crippen LogP contribution in [-0.4, -0.2) is 117 Å². The third-order valence-electron chi connectivity index (χ3n) is 13.5. The third-order valence-corrected chi connectivity index (χ3v) is 13.5. The molecule has 2 aromatic heterocycles. The van der Waals surface area contributed by atoms with Crippen molar-refractivity contribution in [2.24, 2.45) is 0 Å². The number of carbonyl (C=O) groups excluding carboxylic acids is 4. The molecule has 0 aliphatic carbocycles. The van der Waals surface area contributed by atoms with Crippen molar-refractivity contribution in [3.63, 3.8) is 0 Å². The molecule has 0 bridgehead atoms. The third kappa shape index (κ3) is 19.8. The van der Waals surface area contributed by atoms with Gasteiger partial charge in [0.1, 0.15) is 11.6 Å². The number of aliphatic hydroxyl groups excluding tert-OH is 2. The van der Waals surface area contributed by atoms with Gasteiger partial charge in [0.05, 0.1) is 48.3 Å². The fourth-order valence-corrected chi connectivity index (χ4v) is 10.1. The number of benzene rings is 6. The van der Waals surface area contributed by atoms with Crippen LogP contribution in [0.1, 0.15) is 118 Å². The number of carboxylic acid groups (broad SMARTS) is 2. The Bertz CT molecular complexity index is 3670. The van der Waals surface area contributed by atoms with Gasteiger partial charge in [-0.05, 0) is 126 Å². The smallest absolute Gasteiger partial charge is 1.00 e. The predicted molar refractivity (Wildman–Crippen MR) is 319 cm³/mol. The van der Waals surface area contributed by atoms with Crippen LogP contribution in [0.2, 0.25) is 0 Å². The number of carboxylic acids is 2. The van der Waals surface area contributed by atoms with Crippen molar-refractivity contribution in [3.8, 4) is 44.8 Å². The number of amides is 2. The van der Waals surface area contributed by atoms with E-state index in [1.165, 1.54) is 24.3 Å². The molecule has 8 aromatic rings. The van der Waals surface area contributed by atoms with Gasteiger partial charge in [-0.2, -0.15) is 0 Å². The summed E-state index contributed by atoms with van der Waals surface area (Å²) in [6, 6.07) is 48.2. The summed E-state index contributed by atoms with van der Waals surface area (Å²) in [4.78, 5) is 55.1. The fourth-order valence-electron chi connectivity index (χ4n) is 10.1. The van der Waals surface area contributed by atoms with Crippen molar-refractivity contribution in [3.05, 3.63) is 204 Å². The van der Waals surface area contributed by atoms with E-state index >= 15 is 0 Å². The first-order valence-electron chi connectivity index (χ1n) is 29.4. The Morgan fingerprint density at radius 2 is 0.977 bits per heavy atom. The Morgan fingerprint density at radius 3 is 1.33 bits per heavy atom. The molecule has 438 valence electrons.